The second-order valence-electron chi connectivity index (χ2n) is 5.86. The van der Waals surface area contributed by atoms with Crippen molar-refractivity contribution in [2.75, 3.05) is 6.61 Å². The molecule has 0 spiro atoms. The van der Waals surface area contributed by atoms with Gasteiger partial charge < -0.3 is 10.1 Å². The van der Waals surface area contributed by atoms with Crippen LogP contribution in [0.1, 0.15) is 57.4 Å². The Morgan fingerprint density at radius 1 is 1.10 bits per heavy atom. The first kappa shape index (κ1) is 15.9. The minimum atomic E-state index is 0.143. The first-order valence-corrected chi connectivity index (χ1v) is 8.29. The van der Waals surface area contributed by atoms with Crippen molar-refractivity contribution in [3.8, 4) is 5.75 Å². The number of carbonyl (C=O) groups excluding carboxylic acids is 1. The number of ether oxygens (including phenoxy) is 1. The molecule has 0 unspecified atom stereocenters. The van der Waals surface area contributed by atoms with E-state index in [1.165, 1.54) is 32.1 Å². The summed E-state index contributed by atoms with van der Waals surface area (Å²) in [6, 6.07) is 8.19. The van der Waals surface area contributed by atoms with Crippen LogP contribution in [0.5, 0.6) is 5.75 Å². The number of benzene rings is 1. The van der Waals surface area contributed by atoms with Gasteiger partial charge >= 0.3 is 0 Å². The quantitative estimate of drug-likeness (QED) is 0.894. The van der Waals surface area contributed by atoms with E-state index < -0.39 is 0 Å². The summed E-state index contributed by atoms with van der Waals surface area (Å²) in [5.74, 6) is 1.01. The van der Waals surface area contributed by atoms with Gasteiger partial charge in [0.15, 0.2) is 0 Å². The summed E-state index contributed by atoms with van der Waals surface area (Å²) < 4.78 is 5.41. The lowest BCUT2D eigenvalue weighted by atomic mass is 9.96. The summed E-state index contributed by atoms with van der Waals surface area (Å²) in [5, 5.41) is 3.20. The fourth-order valence-electron chi connectivity index (χ4n) is 2.93. The molecule has 1 aromatic rings. The fourth-order valence-corrected chi connectivity index (χ4v) is 2.93. The second kappa shape index (κ2) is 8.71. The maximum atomic E-state index is 12.1. The first-order valence-electron chi connectivity index (χ1n) is 8.29. The van der Waals surface area contributed by atoms with Crippen molar-refractivity contribution >= 4 is 5.91 Å². The van der Waals surface area contributed by atoms with E-state index in [4.69, 9.17) is 4.74 Å². The lowest BCUT2D eigenvalue weighted by molar-refractivity contribution is -0.121. The maximum absolute atomic E-state index is 12.1. The van der Waals surface area contributed by atoms with E-state index in [1.807, 2.05) is 31.2 Å². The van der Waals surface area contributed by atoms with E-state index in [0.29, 0.717) is 19.1 Å². The number of amides is 1. The number of rotatable bonds is 5. The van der Waals surface area contributed by atoms with E-state index in [1.54, 1.807) is 0 Å². The highest BCUT2D eigenvalue weighted by atomic mass is 16.5. The molecule has 0 aliphatic heterocycles. The van der Waals surface area contributed by atoms with Crippen molar-refractivity contribution in [3.63, 3.8) is 0 Å². The summed E-state index contributed by atoms with van der Waals surface area (Å²) >= 11 is 0. The minimum absolute atomic E-state index is 0.143. The topological polar surface area (TPSA) is 38.3 Å². The Kier molecular flexibility index (Phi) is 6.58. The molecule has 0 atom stereocenters. The lowest BCUT2D eigenvalue weighted by Gasteiger charge is -2.21. The van der Waals surface area contributed by atoms with Crippen molar-refractivity contribution in [2.45, 2.75) is 64.3 Å². The molecule has 1 aliphatic rings. The molecule has 116 valence electrons. The lowest BCUT2D eigenvalue weighted by Crippen LogP contribution is -2.36. The minimum Gasteiger partial charge on any atom is -0.494 e. The highest BCUT2D eigenvalue weighted by Gasteiger charge is 2.14. The Morgan fingerprint density at radius 3 is 2.33 bits per heavy atom. The van der Waals surface area contributed by atoms with Crippen LogP contribution in [-0.4, -0.2) is 18.6 Å². The number of hydrogen-bond donors (Lipinski definition) is 1. The largest absolute Gasteiger partial charge is 0.494 e. The highest BCUT2D eigenvalue weighted by Crippen LogP contribution is 2.17. The van der Waals surface area contributed by atoms with Crippen LogP contribution >= 0.6 is 0 Å². The molecule has 0 bridgehead atoms. The average molecular weight is 289 g/mol. The van der Waals surface area contributed by atoms with Gasteiger partial charge in [0.05, 0.1) is 13.0 Å². The average Bonchev–Trinajstić information content (AvgIpc) is 2.44. The van der Waals surface area contributed by atoms with Crippen molar-refractivity contribution in [2.24, 2.45) is 0 Å². The van der Waals surface area contributed by atoms with Crippen LogP contribution in [0.4, 0.5) is 0 Å². The van der Waals surface area contributed by atoms with E-state index in [0.717, 1.165) is 24.2 Å². The molecule has 1 amide bonds. The Morgan fingerprint density at radius 2 is 1.71 bits per heavy atom. The summed E-state index contributed by atoms with van der Waals surface area (Å²) in [7, 11) is 0. The van der Waals surface area contributed by atoms with E-state index in [-0.39, 0.29) is 5.91 Å². The van der Waals surface area contributed by atoms with Crippen molar-refractivity contribution in [1.82, 2.24) is 5.32 Å². The van der Waals surface area contributed by atoms with E-state index in [9.17, 15) is 4.79 Å². The molecule has 0 heterocycles. The maximum Gasteiger partial charge on any atom is 0.224 e. The molecular weight excluding hydrogens is 262 g/mol. The van der Waals surface area contributed by atoms with E-state index in [2.05, 4.69) is 5.32 Å². The summed E-state index contributed by atoms with van der Waals surface area (Å²) in [5.41, 5.74) is 1.04. The Labute approximate surface area is 128 Å². The predicted octanol–water partition coefficient (Wildman–Crippen LogP) is 3.86. The van der Waals surface area contributed by atoms with Crippen LogP contribution in [0.3, 0.4) is 0 Å². The van der Waals surface area contributed by atoms with Crippen LogP contribution in [0, 0.1) is 0 Å². The third-order valence-corrected chi connectivity index (χ3v) is 4.07. The second-order valence-corrected chi connectivity index (χ2v) is 5.86. The van der Waals surface area contributed by atoms with Gasteiger partial charge in [-0.05, 0) is 37.5 Å². The molecule has 1 fully saturated rings. The summed E-state index contributed by atoms with van der Waals surface area (Å²) in [4.78, 5) is 12.1. The van der Waals surface area contributed by atoms with Gasteiger partial charge in [-0.25, -0.2) is 0 Å². The zero-order chi connectivity index (χ0) is 14.9. The smallest absolute Gasteiger partial charge is 0.224 e. The van der Waals surface area contributed by atoms with Gasteiger partial charge in [-0.2, -0.15) is 0 Å². The Balaban J connectivity index is 1.79. The Bertz CT molecular complexity index is 419. The van der Waals surface area contributed by atoms with Gasteiger partial charge in [0, 0.05) is 6.04 Å². The molecule has 0 aromatic heterocycles. The van der Waals surface area contributed by atoms with Crippen LogP contribution in [0.15, 0.2) is 24.3 Å². The van der Waals surface area contributed by atoms with E-state index >= 15 is 0 Å². The highest BCUT2D eigenvalue weighted by molar-refractivity contribution is 5.78. The monoisotopic (exact) mass is 289 g/mol. The van der Waals surface area contributed by atoms with Crippen molar-refractivity contribution in [1.29, 1.82) is 0 Å². The molecule has 2 rings (SSSR count). The molecule has 1 aromatic carbocycles. The molecule has 0 radical (unpaired) electrons. The van der Waals surface area contributed by atoms with Crippen LogP contribution < -0.4 is 10.1 Å². The van der Waals surface area contributed by atoms with Crippen LogP contribution in [0.25, 0.3) is 0 Å². The molecule has 1 N–H and O–H groups in total. The third kappa shape index (κ3) is 5.78. The van der Waals surface area contributed by atoms with Gasteiger partial charge in [-0.15, -0.1) is 0 Å². The number of hydrogen-bond acceptors (Lipinski definition) is 2. The fraction of sp³-hybridized carbons (Fsp3) is 0.611. The zero-order valence-corrected chi connectivity index (χ0v) is 13.1. The van der Waals surface area contributed by atoms with Gasteiger partial charge in [0.25, 0.3) is 0 Å². The van der Waals surface area contributed by atoms with Gasteiger partial charge in [-0.1, -0.05) is 44.2 Å². The standard InChI is InChI=1S/C18H27NO2/c1-2-21-17-12-10-15(11-13-17)14-18(20)19-16-8-6-4-3-5-7-9-16/h10-13,16H,2-9,14H2,1H3,(H,19,20). The van der Waals surface area contributed by atoms with Gasteiger partial charge in [0.1, 0.15) is 5.75 Å². The van der Waals surface area contributed by atoms with Crippen molar-refractivity contribution < 1.29 is 9.53 Å². The molecule has 3 nitrogen and oxygen atoms in total. The number of nitrogens with one attached hydrogen (secondary N) is 1. The molecule has 3 heteroatoms. The SMILES string of the molecule is CCOc1ccc(CC(=O)NC2CCCCCCC2)cc1. The summed E-state index contributed by atoms with van der Waals surface area (Å²) in [6.07, 6.45) is 9.19. The van der Waals surface area contributed by atoms with Gasteiger partial charge in [0.2, 0.25) is 5.91 Å². The van der Waals surface area contributed by atoms with Gasteiger partial charge in [-0.3, -0.25) is 4.79 Å². The molecule has 21 heavy (non-hydrogen) atoms. The molecule has 1 aliphatic carbocycles. The van der Waals surface area contributed by atoms with Crippen LogP contribution in [-0.2, 0) is 11.2 Å². The van der Waals surface area contributed by atoms with Crippen LogP contribution in [0.2, 0.25) is 0 Å². The zero-order valence-electron chi connectivity index (χ0n) is 13.1. The molecule has 1 saturated carbocycles. The Hall–Kier alpha value is -1.51. The molecular formula is C18H27NO2. The van der Waals surface area contributed by atoms with Crippen molar-refractivity contribution in [3.05, 3.63) is 29.8 Å². The third-order valence-electron chi connectivity index (χ3n) is 4.07. The predicted molar refractivity (Wildman–Crippen MR) is 85.6 cm³/mol. The normalized spacial score (nSPS) is 16.8. The number of carbonyl (C=O) groups is 1. The first-order chi connectivity index (χ1) is 10.3. The molecule has 0 saturated heterocycles. The summed E-state index contributed by atoms with van der Waals surface area (Å²) in [6.45, 7) is 2.64.